The first-order valence-electron chi connectivity index (χ1n) is 9.54. The standard InChI is InChI=1S/C22H27N3O4/c1-4-5-13-29-20-8-6-7-17(14-20)15-23-25-22(27)16(2)21(26)24-18-9-11-19(28-3)12-10-18/h6-12,14-16H,4-5,13H2,1-3H3,(H,24,26)(H,25,27). The molecule has 0 bridgehead atoms. The Balaban J connectivity index is 1.85. The molecular formula is C22H27N3O4. The van der Waals surface area contributed by atoms with Crippen molar-refractivity contribution in [2.75, 3.05) is 19.0 Å². The number of hydrazone groups is 1. The van der Waals surface area contributed by atoms with E-state index in [1.54, 1.807) is 31.4 Å². The first-order valence-corrected chi connectivity index (χ1v) is 9.54. The molecule has 1 unspecified atom stereocenters. The van der Waals surface area contributed by atoms with Crippen LogP contribution >= 0.6 is 0 Å². The van der Waals surface area contributed by atoms with Gasteiger partial charge in [0, 0.05) is 5.69 Å². The van der Waals surface area contributed by atoms with Gasteiger partial charge < -0.3 is 14.8 Å². The van der Waals surface area contributed by atoms with Crippen molar-refractivity contribution in [3.8, 4) is 11.5 Å². The Morgan fingerprint density at radius 3 is 2.55 bits per heavy atom. The zero-order chi connectivity index (χ0) is 21.1. The molecule has 2 amide bonds. The molecule has 2 aromatic carbocycles. The van der Waals surface area contributed by atoms with Crippen molar-refractivity contribution < 1.29 is 19.1 Å². The van der Waals surface area contributed by atoms with E-state index in [1.165, 1.54) is 13.1 Å². The van der Waals surface area contributed by atoms with E-state index < -0.39 is 17.7 Å². The molecule has 0 fully saturated rings. The number of nitrogens with one attached hydrogen (secondary N) is 2. The van der Waals surface area contributed by atoms with Gasteiger partial charge in [0.15, 0.2) is 0 Å². The number of anilines is 1. The summed E-state index contributed by atoms with van der Waals surface area (Å²) in [5.74, 6) is -0.390. The van der Waals surface area contributed by atoms with E-state index in [0.29, 0.717) is 18.0 Å². The van der Waals surface area contributed by atoms with E-state index in [0.717, 1.165) is 24.2 Å². The number of methoxy groups -OCH3 is 1. The second kappa shape index (κ2) is 11.5. The molecule has 0 saturated heterocycles. The number of rotatable bonds is 10. The van der Waals surface area contributed by atoms with E-state index in [4.69, 9.17) is 9.47 Å². The fourth-order valence-electron chi connectivity index (χ4n) is 2.33. The van der Waals surface area contributed by atoms with Gasteiger partial charge in [-0.15, -0.1) is 0 Å². The molecule has 0 spiro atoms. The summed E-state index contributed by atoms with van der Waals surface area (Å²) in [6.45, 7) is 4.29. The number of carbonyl (C=O) groups excluding carboxylic acids is 2. The normalized spacial score (nSPS) is 11.7. The van der Waals surface area contributed by atoms with Crippen LogP contribution in [0.5, 0.6) is 11.5 Å². The van der Waals surface area contributed by atoms with E-state index in [2.05, 4.69) is 22.8 Å². The number of unbranched alkanes of at least 4 members (excludes halogenated alkanes) is 1. The van der Waals surface area contributed by atoms with Crippen molar-refractivity contribution in [1.82, 2.24) is 5.43 Å². The van der Waals surface area contributed by atoms with Crippen LogP contribution in [0, 0.1) is 5.92 Å². The zero-order valence-corrected chi connectivity index (χ0v) is 17.0. The Morgan fingerprint density at radius 1 is 1.10 bits per heavy atom. The van der Waals surface area contributed by atoms with Crippen molar-refractivity contribution >= 4 is 23.7 Å². The molecule has 0 heterocycles. The van der Waals surface area contributed by atoms with Gasteiger partial charge in [0.1, 0.15) is 17.4 Å². The molecule has 0 radical (unpaired) electrons. The fourth-order valence-corrected chi connectivity index (χ4v) is 2.33. The van der Waals surface area contributed by atoms with Gasteiger partial charge in [0.25, 0.3) is 5.91 Å². The topological polar surface area (TPSA) is 89.0 Å². The third-order valence-electron chi connectivity index (χ3n) is 4.16. The minimum atomic E-state index is -0.905. The van der Waals surface area contributed by atoms with Gasteiger partial charge in [0.05, 0.1) is 19.9 Å². The molecule has 1 atom stereocenters. The predicted molar refractivity (Wildman–Crippen MR) is 113 cm³/mol. The number of amides is 2. The van der Waals surface area contributed by atoms with Gasteiger partial charge in [-0.25, -0.2) is 5.43 Å². The summed E-state index contributed by atoms with van der Waals surface area (Å²) in [6.07, 6.45) is 3.57. The maximum atomic E-state index is 12.2. The maximum Gasteiger partial charge on any atom is 0.252 e. The Labute approximate surface area is 171 Å². The summed E-state index contributed by atoms with van der Waals surface area (Å²) >= 11 is 0. The lowest BCUT2D eigenvalue weighted by Crippen LogP contribution is -2.34. The zero-order valence-electron chi connectivity index (χ0n) is 17.0. The predicted octanol–water partition coefficient (Wildman–Crippen LogP) is 3.60. The summed E-state index contributed by atoms with van der Waals surface area (Å²) in [5.41, 5.74) is 3.77. The fraction of sp³-hybridized carbons (Fsp3) is 0.318. The van der Waals surface area contributed by atoms with Crippen LogP contribution in [0.15, 0.2) is 53.6 Å². The van der Waals surface area contributed by atoms with Crippen LogP contribution in [0.2, 0.25) is 0 Å². The Morgan fingerprint density at radius 2 is 1.86 bits per heavy atom. The van der Waals surface area contributed by atoms with Gasteiger partial charge in [-0.1, -0.05) is 25.5 Å². The molecule has 29 heavy (non-hydrogen) atoms. The van der Waals surface area contributed by atoms with Crippen LogP contribution in [0.3, 0.4) is 0 Å². The molecule has 2 N–H and O–H groups in total. The molecule has 0 aliphatic rings. The Bertz CT molecular complexity index is 834. The number of hydrogen-bond donors (Lipinski definition) is 2. The first-order chi connectivity index (χ1) is 14.0. The average Bonchev–Trinajstić information content (AvgIpc) is 2.74. The van der Waals surface area contributed by atoms with Gasteiger partial charge in [-0.3, -0.25) is 9.59 Å². The van der Waals surface area contributed by atoms with Crippen LogP contribution in [-0.4, -0.2) is 31.7 Å². The van der Waals surface area contributed by atoms with Gasteiger partial charge in [-0.2, -0.15) is 5.10 Å². The van der Waals surface area contributed by atoms with E-state index in [1.807, 2.05) is 24.3 Å². The maximum absolute atomic E-state index is 12.2. The highest BCUT2D eigenvalue weighted by molar-refractivity contribution is 6.06. The minimum absolute atomic E-state index is 0.422. The largest absolute Gasteiger partial charge is 0.497 e. The molecule has 7 heteroatoms. The lowest BCUT2D eigenvalue weighted by Gasteiger charge is -2.11. The molecular weight excluding hydrogens is 370 g/mol. The summed E-state index contributed by atoms with van der Waals surface area (Å²) in [4.78, 5) is 24.4. The lowest BCUT2D eigenvalue weighted by atomic mass is 10.1. The third-order valence-corrected chi connectivity index (χ3v) is 4.16. The van der Waals surface area contributed by atoms with Crippen molar-refractivity contribution in [1.29, 1.82) is 0 Å². The minimum Gasteiger partial charge on any atom is -0.497 e. The molecule has 0 aliphatic heterocycles. The van der Waals surface area contributed by atoms with Crippen LogP contribution < -0.4 is 20.2 Å². The highest BCUT2D eigenvalue weighted by Gasteiger charge is 2.21. The summed E-state index contributed by atoms with van der Waals surface area (Å²) in [5, 5.41) is 6.63. The Hall–Kier alpha value is -3.35. The van der Waals surface area contributed by atoms with Crippen LogP contribution in [0.1, 0.15) is 32.3 Å². The number of benzene rings is 2. The van der Waals surface area contributed by atoms with E-state index >= 15 is 0 Å². The molecule has 7 nitrogen and oxygen atoms in total. The second-order valence-electron chi connectivity index (χ2n) is 6.45. The van der Waals surface area contributed by atoms with Crippen molar-refractivity contribution in [2.45, 2.75) is 26.7 Å². The van der Waals surface area contributed by atoms with Crippen molar-refractivity contribution in [2.24, 2.45) is 11.0 Å². The molecule has 2 aromatic rings. The summed E-state index contributed by atoms with van der Waals surface area (Å²) in [7, 11) is 1.57. The second-order valence-corrected chi connectivity index (χ2v) is 6.45. The molecule has 154 valence electrons. The average molecular weight is 397 g/mol. The van der Waals surface area contributed by atoms with Gasteiger partial charge in [0.2, 0.25) is 5.91 Å². The number of nitrogens with zero attached hydrogens (tertiary/aromatic N) is 1. The third kappa shape index (κ3) is 7.29. The smallest absolute Gasteiger partial charge is 0.252 e. The number of ether oxygens (including phenoxy) is 2. The SMILES string of the molecule is CCCCOc1cccc(C=NNC(=O)C(C)C(=O)Nc2ccc(OC)cc2)c1. The molecule has 0 saturated carbocycles. The molecule has 0 aliphatic carbocycles. The highest BCUT2D eigenvalue weighted by atomic mass is 16.5. The van der Waals surface area contributed by atoms with Crippen LogP contribution in [0.25, 0.3) is 0 Å². The van der Waals surface area contributed by atoms with Crippen molar-refractivity contribution in [3.63, 3.8) is 0 Å². The van der Waals surface area contributed by atoms with Crippen LogP contribution in [-0.2, 0) is 9.59 Å². The van der Waals surface area contributed by atoms with Gasteiger partial charge >= 0.3 is 0 Å². The number of carbonyl (C=O) groups is 2. The van der Waals surface area contributed by atoms with Crippen LogP contribution in [0.4, 0.5) is 5.69 Å². The molecule has 2 rings (SSSR count). The van der Waals surface area contributed by atoms with E-state index in [9.17, 15) is 9.59 Å². The monoisotopic (exact) mass is 397 g/mol. The Kier molecular flexibility index (Phi) is 8.69. The summed E-state index contributed by atoms with van der Waals surface area (Å²) < 4.78 is 10.7. The number of hydrogen-bond acceptors (Lipinski definition) is 5. The summed E-state index contributed by atoms with van der Waals surface area (Å²) in [6, 6.07) is 14.3. The highest BCUT2D eigenvalue weighted by Crippen LogP contribution is 2.16. The lowest BCUT2D eigenvalue weighted by molar-refractivity contribution is -0.131. The van der Waals surface area contributed by atoms with Gasteiger partial charge in [-0.05, 0) is 55.3 Å². The van der Waals surface area contributed by atoms with E-state index in [-0.39, 0.29) is 0 Å². The molecule has 0 aromatic heterocycles. The quantitative estimate of drug-likeness (QED) is 0.277. The van der Waals surface area contributed by atoms with Crippen molar-refractivity contribution in [3.05, 3.63) is 54.1 Å². The first kappa shape index (κ1) is 21.9.